The van der Waals surface area contributed by atoms with Crippen LogP contribution in [0, 0.1) is 5.41 Å². The van der Waals surface area contributed by atoms with E-state index in [2.05, 4.69) is 46.6 Å². The topological polar surface area (TPSA) is 29.3 Å². The van der Waals surface area contributed by atoms with E-state index >= 15 is 0 Å². The number of hydrogen-bond donors (Lipinski definition) is 1. The Labute approximate surface area is 95.2 Å². The average molecular weight is 212 g/mol. The molecule has 1 saturated carbocycles. The van der Waals surface area contributed by atoms with E-state index in [1.165, 1.54) is 12.8 Å². The van der Waals surface area contributed by atoms with Crippen LogP contribution in [0.3, 0.4) is 0 Å². The summed E-state index contributed by atoms with van der Waals surface area (Å²) in [4.78, 5) is 2.51. The van der Waals surface area contributed by atoms with E-state index in [1.54, 1.807) is 0 Å². The number of rotatable bonds is 5. The van der Waals surface area contributed by atoms with Crippen LogP contribution in [0.1, 0.15) is 53.9 Å². The fourth-order valence-electron chi connectivity index (χ4n) is 2.42. The Morgan fingerprint density at radius 1 is 1.27 bits per heavy atom. The van der Waals surface area contributed by atoms with Crippen LogP contribution in [0.15, 0.2) is 0 Å². The second-order valence-electron chi connectivity index (χ2n) is 6.26. The van der Waals surface area contributed by atoms with E-state index in [0.29, 0.717) is 5.41 Å². The molecule has 0 bridgehead atoms. The predicted octanol–water partition coefficient (Wildman–Crippen LogP) is 2.62. The highest BCUT2D eigenvalue weighted by Crippen LogP contribution is 2.56. The zero-order valence-corrected chi connectivity index (χ0v) is 11.4. The maximum absolute atomic E-state index is 6.04. The predicted molar refractivity (Wildman–Crippen MR) is 66.9 cm³/mol. The molecule has 1 atom stereocenters. The van der Waals surface area contributed by atoms with Gasteiger partial charge in [-0.05, 0) is 52.5 Å². The summed E-state index contributed by atoms with van der Waals surface area (Å²) in [5.74, 6) is 0. The van der Waals surface area contributed by atoms with E-state index in [9.17, 15) is 0 Å². The Balaban J connectivity index is 2.92. The largest absolute Gasteiger partial charge is 0.329 e. The molecule has 1 aliphatic rings. The van der Waals surface area contributed by atoms with Gasteiger partial charge in [0, 0.05) is 17.6 Å². The van der Waals surface area contributed by atoms with Crippen molar-refractivity contribution in [1.29, 1.82) is 0 Å². The summed E-state index contributed by atoms with van der Waals surface area (Å²) in [5.41, 5.74) is 6.86. The monoisotopic (exact) mass is 212 g/mol. The molecule has 0 aromatic rings. The Bertz CT molecular complexity index is 231. The summed E-state index contributed by atoms with van der Waals surface area (Å²) in [6.07, 6.45) is 3.81. The molecular formula is C13H28N2. The molecule has 2 heteroatoms. The van der Waals surface area contributed by atoms with Crippen LogP contribution in [-0.2, 0) is 0 Å². The first-order chi connectivity index (χ1) is 6.73. The summed E-state index contributed by atoms with van der Waals surface area (Å²) in [6, 6.07) is 0. The van der Waals surface area contributed by atoms with Gasteiger partial charge in [0.1, 0.15) is 0 Å². The fourth-order valence-corrected chi connectivity index (χ4v) is 2.42. The number of nitrogens with zero attached hydrogens (tertiary/aromatic N) is 1. The van der Waals surface area contributed by atoms with Crippen molar-refractivity contribution in [3.05, 3.63) is 0 Å². The van der Waals surface area contributed by atoms with Crippen molar-refractivity contribution in [2.24, 2.45) is 11.1 Å². The molecule has 1 aliphatic carbocycles. The Morgan fingerprint density at radius 2 is 1.73 bits per heavy atom. The van der Waals surface area contributed by atoms with Gasteiger partial charge in [-0.3, -0.25) is 4.90 Å². The van der Waals surface area contributed by atoms with Gasteiger partial charge in [-0.15, -0.1) is 0 Å². The van der Waals surface area contributed by atoms with Gasteiger partial charge in [0.25, 0.3) is 0 Å². The van der Waals surface area contributed by atoms with Crippen molar-refractivity contribution >= 4 is 0 Å². The Morgan fingerprint density at radius 3 is 2.00 bits per heavy atom. The standard InChI is InChI=1S/C13H28N2/c1-7-11(2,3)15(6)13(5,10-14)12(4)8-9-12/h7-10,14H2,1-6H3. The molecule has 1 rings (SSSR count). The van der Waals surface area contributed by atoms with Crippen LogP contribution >= 0.6 is 0 Å². The first-order valence-corrected chi connectivity index (χ1v) is 6.17. The highest BCUT2D eigenvalue weighted by molar-refractivity contribution is 5.11. The van der Waals surface area contributed by atoms with Gasteiger partial charge >= 0.3 is 0 Å². The SMILES string of the molecule is CCC(C)(C)N(C)C(C)(CN)C1(C)CC1. The zero-order valence-electron chi connectivity index (χ0n) is 11.4. The van der Waals surface area contributed by atoms with Crippen molar-refractivity contribution in [3.63, 3.8) is 0 Å². The molecular weight excluding hydrogens is 184 g/mol. The van der Waals surface area contributed by atoms with Gasteiger partial charge in [0.15, 0.2) is 0 Å². The molecule has 15 heavy (non-hydrogen) atoms. The highest BCUT2D eigenvalue weighted by Gasteiger charge is 2.56. The van der Waals surface area contributed by atoms with E-state index in [4.69, 9.17) is 5.73 Å². The van der Waals surface area contributed by atoms with Crippen LogP contribution < -0.4 is 5.73 Å². The molecule has 0 aromatic heterocycles. The summed E-state index contributed by atoms with van der Waals surface area (Å²) < 4.78 is 0. The van der Waals surface area contributed by atoms with E-state index in [1.807, 2.05) is 0 Å². The van der Waals surface area contributed by atoms with Gasteiger partial charge in [0.05, 0.1) is 0 Å². The minimum Gasteiger partial charge on any atom is -0.329 e. The molecule has 0 radical (unpaired) electrons. The minimum atomic E-state index is 0.145. The molecule has 2 nitrogen and oxygen atoms in total. The third-order valence-corrected chi connectivity index (χ3v) is 5.21. The molecule has 2 N–H and O–H groups in total. The normalized spacial score (nSPS) is 24.0. The lowest BCUT2D eigenvalue weighted by Crippen LogP contribution is -2.62. The van der Waals surface area contributed by atoms with Gasteiger partial charge in [0.2, 0.25) is 0 Å². The smallest absolute Gasteiger partial charge is 0.0359 e. The molecule has 0 aromatic carbocycles. The number of nitrogens with two attached hydrogens (primary N) is 1. The molecule has 0 spiro atoms. The maximum atomic E-state index is 6.04. The summed E-state index contributed by atoms with van der Waals surface area (Å²) in [7, 11) is 2.24. The molecule has 90 valence electrons. The molecule has 1 unspecified atom stereocenters. The third-order valence-electron chi connectivity index (χ3n) is 5.21. The third kappa shape index (κ3) is 1.94. The van der Waals surface area contributed by atoms with Crippen LogP contribution in [0.5, 0.6) is 0 Å². The molecule has 0 heterocycles. The zero-order chi connectivity index (χ0) is 11.9. The van der Waals surface area contributed by atoms with E-state index in [0.717, 1.165) is 13.0 Å². The van der Waals surface area contributed by atoms with Gasteiger partial charge in [-0.25, -0.2) is 0 Å². The van der Waals surface area contributed by atoms with Crippen LogP contribution in [-0.4, -0.2) is 29.6 Å². The van der Waals surface area contributed by atoms with E-state index in [-0.39, 0.29) is 11.1 Å². The van der Waals surface area contributed by atoms with Crippen molar-refractivity contribution in [2.45, 2.75) is 65.0 Å². The number of hydrogen-bond acceptors (Lipinski definition) is 2. The Kier molecular flexibility index (Phi) is 3.24. The summed E-state index contributed by atoms with van der Waals surface area (Å²) in [6.45, 7) is 12.3. The average Bonchev–Trinajstić information content (AvgIpc) is 2.95. The van der Waals surface area contributed by atoms with Crippen molar-refractivity contribution < 1.29 is 0 Å². The van der Waals surface area contributed by atoms with E-state index < -0.39 is 0 Å². The van der Waals surface area contributed by atoms with Gasteiger partial charge < -0.3 is 5.73 Å². The fraction of sp³-hybridized carbons (Fsp3) is 1.00. The van der Waals surface area contributed by atoms with Gasteiger partial charge in [-0.1, -0.05) is 13.8 Å². The highest BCUT2D eigenvalue weighted by atomic mass is 15.3. The maximum Gasteiger partial charge on any atom is 0.0359 e. The lowest BCUT2D eigenvalue weighted by molar-refractivity contribution is -0.00914. The quantitative estimate of drug-likeness (QED) is 0.759. The molecule has 0 amide bonds. The lowest BCUT2D eigenvalue weighted by Gasteiger charge is -2.51. The first-order valence-electron chi connectivity index (χ1n) is 6.17. The van der Waals surface area contributed by atoms with Crippen LogP contribution in [0.2, 0.25) is 0 Å². The van der Waals surface area contributed by atoms with Gasteiger partial charge in [-0.2, -0.15) is 0 Å². The van der Waals surface area contributed by atoms with Crippen molar-refractivity contribution in [3.8, 4) is 0 Å². The minimum absolute atomic E-state index is 0.145. The Hall–Kier alpha value is -0.0800. The second-order valence-corrected chi connectivity index (χ2v) is 6.26. The summed E-state index contributed by atoms with van der Waals surface area (Å²) >= 11 is 0. The lowest BCUT2D eigenvalue weighted by atomic mass is 9.79. The second kappa shape index (κ2) is 3.74. The summed E-state index contributed by atoms with van der Waals surface area (Å²) in [5, 5.41) is 0. The van der Waals surface area contributed by atoms with Crippen LogP contribution in [0.4, 0.5) is 0 Å². The molecule has 0 aliphatic heterocycles. The van der Waals surface area contributed by atoms with Crippen molar-refractivity contribution in [2.75, 3.05) is 13.6 Å². The van der Waals surface area contributed by atoms with Crippen LogP contribution in [0.25, 0.3) is 0 Å². The molecule has 0 saturated heterocycles. The first kappa shape index (κ1) is 13.0. The number of likely N-dealkylation sites (N-methyl/N-ethyl adjacent to an activating group) is 1. The molecule has 1 fully saturated rings. The van der Waals surface area contributed by atoms with Crippen molar-refractivity contribution in [1.82, 2.24) is 4.90 Å².